The summed E-state index contributed by atoms with van der Waals surface area (Å²) in [5, 5.41) is 17.1. The second-order valence-electron chi connectivity index (χ2n) is 8.17. The van der Waals surface area contributed by atoms with Gasteiger partial charge in [-0.15, -0.1) is 0 Å². The Bertz CT molecular complexity index is 1460. The van der Waals surface area contributed by atoms with E-state index in [0.29, 0.717) is 22.1 Å². The molecule has 0 aliphatic heterocycles. The average molecular weight is 532 g/mol. The minimum absolute atomic E-state index is 0.0590. The number of hydrogen-bond acceptors (Lipinski definition) is 5. The highest BCUT2D eigenvalue weighted by atomic mass is 35.5. The van der Waals surface area contributed by atoms with Gasteiger partial charge in [-0.2, -0.15) is 0 Å². The van der Waals surface area contributed by atoms with Gasteiger partial charge in [0, 0.05) is 35.1 Å². The fourth-order valence-electron chi connectivity index (χ4n) is 3.63. The number of amides is 3. The lowest BCUT2D eigenvalue weighted by molar-refractivity contribution is -0.137. The Morgan fingerprint density at radius 3 is 2.32 bits per heavy atom. The Morgan fingerprint density at radius 2 is 1.66 bits per heavy atom. The number of hydrogen-bond donors (Lipinski definition) is 5. The number of carboxylic acid groups (broad SMARTS) is 1. The maximum absolute atomic E-state index is 13.1. The van der Waals surface area contributed by atoms with E-state index in [1.807, 2.05) is 6.07 Å². The molecule has 0 saturated carbocycles. The highest BCUT2D eigenvalue weighted by molar-refractivity contribution is 6.40. The Morgan fingerprint density at radius 1 is 0.921 bits per heavy atom. The van der Waals surface area contributed by atoms with Crippen molar-refractivity contribution >= 4 is 46.7 Å². The Hall–Kier alpha value is -4.96. The van der Waals surface area contributed by atoms with Crippen LogP contribution in [0.25, 0.3) is 11.4 Å². The predicted molar refractivity (Wildman–Crippen MR) is 142 cm³/mol. The van der Waals surface area contributed by atoms with Gasteiger partial charge in [-0.05, 0) is 48.0 Å². The number of nitrogens with one attached hydrogen (secondary N) is 4. The molecular weight excluding hydrogens is 510 g/mol. The summed E-state index contributed by atoms with van der Waals surface area (Å²) < 4.78 is 0. The first-order valence-corrected chi connectivity index (χ1v) is 11.8. The summed E-state index contributed by atoms with van der Waals surface area (Å²) in [6.07, 6.45) is 3.27. The number of rotatable bonds is 8. The molecule has 0 bridgehead atoms. The molecule has 3 amide bonds. The van der Waals surface area contributed by atoms with Crippen LogP contribution in [0.3, 0.4) is 0 Å². The minimum atomic E-state index is -1.11. The van der Waals surface area contributed by atoms with Gasteiger partial charge in [0.05, 0.1) is 11.3 Å². The number of carboxylic acids is 1. The van der Waals surface area contributed by atoms with Gasteiger partial charge >= 0.3 is 17.8 Å². The normalized spacial score (nSPS) is 11.3. The molecule has 0 fully saturated rings. The van der Waals surface area contributed by atoms with Gasteiger partial charge in [0.2, 0.25) is 5.91 Å². The van der Waals surface area contributed by atoms with Crippen LogP contribution >= 0.6 is 11.6 Å². The first kappa shape index (κ1) is 26.1. The SMILES string of the molecule is O=C(Nc1cc(Cl)ccc1-c1ncc[nH]1)C(=O)N[C@@H](Cc1ccccc1)C(=O)Nc1ccc(C(=O)O)cc1. The third-order valence-electron chi connectivity index (χ3n) is 5.49. The molecule has 38 heavy (non-hydrogen) atoms. The molecule has 11 heteroatoms. The zero-order valence-electron chi connectivity index (χ0n) is 19.8. The summed E-state index contributed by atoms with van der Waals surface area (Å²) in [5.41, 5.74) is 1.92. The zero-order valence-corrected chi connectivity index (χ0v) is 20.5. The molecule has 0 saturated heterocycles. The number of carbonyl (C=O) groups excluding carboxylic acids is 3. The first-order valence-electron chi connectivity index (χ1n) is 11.4. The molecule has 0 aliphatic rings. The largest absolute Gasteiger partial charge is 0.478 e. The molecule has 1 aromatic heterocycles. The second kappa shape index (κ2) is 11.8. The van der Waals surface area contributed by atoms with E-state index in [9.17, 15) is 19.2 Å². The number of anilines is 2. The van der Waals surface area contributed by atoms with Gasteiger partial charge < -0.3 is 26.0 Å². The first-order chi connectivity index (χ1) is 18.3. The van der Waals surface area contributed by atoms with E-state index in [2.05, 4.69) is 25.9 Å². The van der Waals surface area contributed by atoms with E-state index >= 15 is 0 Å². The van der Waals surface area contributed by atoms with Gasteiger partial charge in [0.15, 0.2) is 0 Å². The summed E-state index contributed by atoms with van der Waals surface area (Å²) in [6, 6.07) is 18.2. The molecule has 1 atom stereocenters. The molecule has 1 heterocycles. The fourth-order valence-corrected chi connectivity index (χ4v) is 3.80. The van der Waals surface area contributed by atoms with Crippen LogP contribution in [0.4, 0.5) is 11.4 Å². The number of nitrogens with zero attached hydrogens (tertiary/aromatic N) is 1. The number of imidazole rings is 1. The summed E-state index contributed by atoms with van der Waals surface area (Å²) in [7, 11) is 0. The molecule has 3 aromatic carbocycles. The minimum Gasteiger partial charge on any atom is -0.478 e. The van der Waals surface area contributed by atoms with Gasteiger partial charge in [0.25, 0.3) is 0 Å². The second-order valence-corrected chi connectivity index (χ2v) is 8.61. The third-order valence-corrected chi connectivity index (χ3v) is 5.73. The summed E-state index contributed by atoms with van der Waals surface area (Å²) in [6.45, 7) is 0. The van der Waals surface area contributed by atoms with E-state index in [4.69, 9.17) is 16.7 Å². The van der Waals surface area contributed by atoms with Crippen molar-refractivity contribution in [2.75, 3.05) is 10.6 Å². The van der Waals surface area contributed by atoms with Crippen molar-refractivity contribution in [2.24, 2.45) is 0 Å². The smallest absolute Gasteiger partial charge is 0.335 e. The molecule has 0 aliphatic carbocycles. The highest BCUT2D eigenvalue weighted by Gasteiger charge is 2.26. The number of aromatic carboxylic acids is 1. The van der Waals surface area contributed by atoms with Gasteiger partial charge in [-0.3, -0.25) is 14.4 Å². The molecule has 10 nitrogen and oxygen atoms in total. The van der Waals surface area contributed by atoms with E-state index in [1.165, 1.54) is 30.3 Å². The van der Waals surface area contributed by atoms with E-state index in [0.717, 1.165) is 5.56 Å². The predicted octanol–water partition coefficient (Wildman–Crippen LogP) is 3.73. The standard InChI is InChI=1S/C27H22ClN5O5/c28-18-8-11-20(23-29-12-13-30-23)21(15-18)32-25(35)26(36)33-22(14-16-4-2-1-3-5-16)24(34)31-19-9-6-17(7-10-19)27(37)38/h1-13,15,22H,14H2,(H,29,30)(H,31,34)(H,32,35)(H,33,36)(H,37,38)/t22-/m0/s1. The van der Waals surface area contributed by atoms with Gasteiger partial charge in [0.1, 0.15) is 11.9 Å². The van der Waals surface area contributed by atoms with Crippen LogP contribution in [0.5, 0.6) is 0 Å². The lowest BCUT2D eigenvalue weighted by Gasteiger charge is -2.19. The molecular formula is C27H22ClN5O5. The van der Waals surface area contributed by atoms with Crippen LogP contribution in [0, 0.1) is 0 Å². The monoisotopic (exact) mass is 531 g/mol. The van der Waals surface area contributed by atoms with E-state index in [1.54, 1.807) is 48.8 Å². The fraction of sp³-hybridized carbons (Fsp3) is 0.0741. The lowest BCUT2D eigenvalue weighted by atomic mass is 10.0. The number of aromatic nitrogens is 2. The molecule has 4 aromatic rings. The number of H-pyrrole nitrogens is 1. The van der Waals surface area contributed by atoms with Crippen molar-refractivity contribution in [3.05, 3.63) is 101 Å². The summed E-state index contributed by atoms with van der Waals surface area (Å²) >= 11 is 6.09. The van der Waals surface area contributed by atoms with Crippen molar-refractivity contribution in [2.45, 2.75) is 12.5 Å². The molecule has 0 unspecified atom stereocenters. The Balaban J connectivity index is 1.50. The van der Waals surface area contributed by atoms with Crippen LogP contribution < -0.4 is 16.0 Å². The van der Waals surface area contributed by atoms with E-state index in [-0.39, 0.29) is 17.7 Å². The topological polar surface area (TPSA) is 153 Å². The zero-order chi connectivity index (χ0) is 27.1. The lowest BCUT2D eigenvalue weighted by Crippen LogP contribution is -2.48. The van der Waals surface area contributed by atoms with Crippen LogP contribution in [-0.2, 0) is 20.8 Å². The van der Waals surface area contributed by atoms with Gasteiger partial charge in [-0.1, -0.05) is 41.9 Å². The third kappa shape index (κ3) is 6.62. The number of benzene rings is 3. The number of aromatic amines is 1. The van der Waals surface area contributed by atoms with Crippen molar-refractivity contribution in [1.82, 2.24) is 15.3 Å². The summed E-state index contributed by atoms with van der Waals surface area (Å²) in [4.78, 5) is 57.0. The van der Waals surface area contributed by atoms with Gasteiger partial charge in [-0.25, -0.2) is 9.78 Å². The Labute approximate surface area is 222 Å². The van der Waals surface area contributed by atoms with Crippen molar-refractivity contribution in [1.29, 1.82) is 0 Å². The van der Waals surface area contributed by atoms with Crippen LogP contribution in [-0.4, -0.2) is 44.8 Å². The number of halogens is 1. The average Bonchev–Trinajstić information content (AvgIpc) is 3.44. The van der Waals surface area contributed by atoms with Crippen LogP contribution in [0.2, 0.25) is 5.02 Å². The molecule has 4 rings (SSSR count). The molecule has 5 N–H and O–H groups in total. The van der Waals surface area contributed by atoms with Crippen molar-refractivity contribution in [3.63, 3.8) is 0 Å². The quantitative estimate of drug-likeness (QED) is 0.218. The maximum atomic E-state index is 13.1. The number of carbonyl (C=O) groups is 4. The Kier molecular flexibility index (Phi) is 8.14. The van der Waals surface area contributed by atoms with Crippen molar-refractivity contribution < 1.29 is 24.3 Å². The highest BCUT2D eigenvalue weighted by Crippen LogP contribution is 2.28. The summed E-state index contributed by atoms with van der Waals surface area (Å²) in [5.74, 6) is -3.26. The molecule has 192 valence electrons. The van der Waals surface area contributed by atoms with Crippen LogP contribution in [0.15, 0.2) is 85.2 Å². The molecule has 0 radical (unpaired) electrons. The molecule has 0 spiro atoms. The van der Waals surface area contributed by atoms with Crippen LogP contribution in [0.1, 0.15) is 15.9 Å². The maximum Gasteiger partial charge on any atom is 0.335 e. The van der Waals surface area contributed by atoms with Crippen molar-refractivity contribution in [3.8, 4) is 11.4 Å². The van der Waals surface area contributed by atoms with E-state index < -0.39 is 29.7 Å².